The summed E-state index contributed by atoms with van der Waals surface area (Å²) in [7, 11) is 0. The molecule has 3 N–H and O–H groups in total. The van der Waals surface area contributed by atoms with Crippen molar-refractivity contribution in [2.75, 3.05) is 11.9 Å². The molecule has 0 aliphatic heterocycles. The van der Waals surface area contributed by atoms with Gasteiger partial charge in [0.2, 0.25) is 5.91 Å². The van der Waals surface area contributed by atoms with Gasteiger partial charge >= 0.3 is 5.97 Å². The molecule has 1 amide bonds. The number of carbonyl (C=O) groups is 2. The number of carbonyl (C=O) groups excluding carboxylic acids is 1. The standard InChI is InChI=1S/C13H17IN2O3/c1-8(2)12(13(18)19)15-7-11(17)16-10-6-4-3-5-9(10)14/h3-6,8,12,15H,7H2,1-2H3,(H,16,17)(H,18,19). The number of amides is 1. The Morgan fingerprint density at radius 1 is 1.32 bits per heavy atom. The lowest BCUT2D eigenvalue weighted by molar-refractivity contribution is -0.140. The second-order valence-corrected chi connectivity index (χ2v) is 5.63. The third-order valence-corrected chi connectivity index (χ3v) is 3.50. The summed E-state index contributed by atoms with van der Waals surface area (Å²) in [5, 5.41) is 14.5. The van der Waals surface area contributed by atoms with Crippen LogP contribution in [0.25, 0.3) is 0 Å². The first kappa shape index (κ1) is 15.9. The van der Waals surface area contributed by atoms with Gasteiger partial charge in [-0.1, -0.05) is 26.0 Å². The number of rotatable bonds is 6. The molecule has 19 heavy (non-hydrogen) atoms. The van der Waals surface area contributed by atoms with Gasteiger partial charge in [-0.05, 0) is 40.6 Å². The first-order valence-corrected chi connectivity index (χ1v) is 7.00. The number of carboxylic acids is 1. The number of halogens is 1. The van der Waals surface area contributed by atoms with E-state index in [0.717, 1.165) is 9.26 Å². The second-order valence-electron chi connectivity index (χ2n) is 4.47. The van der Waals surface area contributed by atoms with Gasteiger partial charge in [0.05, 0.1) is 12.2 Å². The Morgan fingerprint density at radius 3 is 2.47 bits per heavy atom. The maximum Gasteiger partial charge on any atom is 0.320 e. The van der Waals surface area contributed by atoms with Gasteiger partial charge in [0.15, 0.2) is 0 Å². The van der Waals surface area contributed by atoms with Crippen molar-refractivity contribution in [3.05, 3.63) is 27.8 Å². The van der Waals surface area contributed by atoms with Crippen LogP contribution in [0.15, 0.2) is 24.3 Å². The Labute approximate surface area is 125 Å². The van der Waals surface area contributed by atoms with Crippen LogP contribution < -0.4 is 10.6 Å². The molecule has 1 atom stereocenters. The molecule has 6 heteroatoms. The molecule has 1 aromatic carbocycles. The molecule has 0 radical (unpaired) electrons. The molecule has 0 bridgehead atoms. The lowest BCUT2D eigenvalue weighted by Crippen LogP contribution is -2.44. The molecule has 1 unspecified atom stereocenters. The minimum absolute atomic E-state index is 0.0277. The third-order valence-electron chi connectivity index (χ3n) is 2.56. The number of hydrogen-bond acceptors (Lipinski definition) is 3. The summed E-state index contributed by atoms with van der Waals surface area (Å²) in [6.07, 6.45) is 0. The van der Waals surface area contributed by atoms with Gasteiger partial charge in [0.25, 0.3) is 0 Å². The van der Waals surface area contributed by atoms with Crippen LogP contribution in [-0.2, 0) is 9.59 Å². The van der Waals surface area contributed by atoms with Crippen LogP contribution in [0.1, 0.15) is 13.8 Å². The third kappa shape index (κ3) is 5.15. The molecule has 0 fully saturated rings. The summed E-state index contributed by atoms with van der Waals surface area (Å²) in [4.78, 5) is 22.7. The topological polar surface area (TPSA) is 78.4 Å². The zero-order valence-corrected chi connectivity index (χ0v) is 13.0. The number of anilines is 1. The molecular formula is C13H17IN2O3. The molecule has 1 aromatic rings. The van der Waals surface area contributed by atoms with E-state index in [9.17, 15) is 9.59 Å². The van der Waals surface area contributed by atoms with Gasteiger partial charge in [-0.2, -0.15) is 0 Å². The van der Waals surface area contributed by atoms with E-state index in [1.54, 1.807) is 19.9 Å². The predicted molar refractivity (Wildman–Crippen MR) is 82.1 cm³/mol. The van der Waals surface area contributed by atoms with E-state index in [0.29, 0.717) is 0 Å². The minimum Gasteiger partial charge on any atom is -0.480 e. The first-order valence-electron chi connectivity index (χ1n) is 5.92. The summed E-state index contributed by atoms with van der Waals surface area (Å²) in [5.41, 5.74) is 0.728. The number of carboxylic acid groups (broad SMARTS) is 1. The Hall–Kier alpha value is -1.15. The van der Waals surface area contributed by atoms with Crippen LogP contribution in [0.4, 0.5) is 5.69 Å². The van der Waals surface area contributed by atoms with Crippen molar-refractivity contribution in [1.82, 2.24) is 5.32 Å². The van der Waals surface area contributed by atoms with Crippen LogP contribution in [0.2, 0.25) is 0 Å². The average Bonchev–Trinajstić information content (AvgIpc) is 2.31. The van der Waals surface area contributed by atoms with E-state index >= 15 is 0 Å². The van der Waals surface area contributed by atoms with Crippen LogP contribution in [0, 0.1) is 9.49 Å². The van der Waals surface area contributed by atoms with Gasteiger partial charge in [0.1, 0.15) is 6.04 Å². The lowest BCUT2D eigenvalue weighted by Gasteiger charge is -2.17. The van der Waals surface area contributed by atoms with E-state index in [1.807, 2.05) is 18.2 Å². The predicted octanol–water partition coefficient (Wildman–Crippen LogP) is 1.93. The van der Waals surface area contributed by atoms with Crippen LogP contribution in [-0.4, -0.2) is 29.6 Å². The van der Waals surface area contributed by atoms with Gasteiger partial charge in [0, 0.05) is 3.57 Å². The van der Waals surface area contributed by atoms with Gasteiger partial charge in [-0.25, -0.2) is 0 Å². The summed E-state index contributed by atoms with van der Waals surface area (Å²) >= 11 is 2.13. The zero-order valence-electron chi connectivity index (χ0n) is 10.8. The molecule has 0 aromatic heterocycles. The molecule has 104 valence electrons. The SMILES string of the molecule is CC(C)C(NCC(=O)Nc1ccccc1I)C(=O)O. The molecule has 5 nitrogen and oxygen atoms in total. The van der Waals surface area contributed by atoms with Crippen molar-refractivity contribution in [2.45, 2.75) is 19.9 Å². The van der Waals surface area contributed by atoms with Crippen molar-refractivity contribution in [3.8, 4) is 0 Å². The van der Waals surface area contributed by atoms with Gasteiger partial charge in [-0.3, -0.25) is 14.9 Å². The fourth-order valence-corrected chi connectivity index (χ4v) is 2.09. The first-order chi connectivity index (χ1) is 8.91. The molecule has 0 saturated carbocycles. The number of benzene rings is 1. The zero-order chi connectivity index (χ0) is 14.4. The summed E-state index contributed by atoms with van der Waals surface area (Å²) in [5.74, 6) is -1.28. The maximum absolute atomic E-state index is 11.7. The quantitative estimate of drug-likeness (QED) is 0.663. The van der Waals surface area contributed by atoms with Crippen LogP contribution >= 0.6 is 22.6 Å². The maximum atomic E-state index is 11.7. The number of hydrogen-bond donors (Lipinski definition) is 3. The summed E-state index contributed by atoms with van der Waals surface area (Å²) in [6, 6.07) is 6.68. The monoisotopic (exact) mass is 376 g/mol. The van der Waals surface area contributed by atoms with E-state index in [1.165, 1.54) is 0 Å². The molecule has 0 spiro atoms. The Bertz CT molecular complexity index is 463. The van der Waals surface area contributed by atoms with Crippen molar-refractivity contribution in [2.24, 2.45) is 5.92 Å². The average molecular weight is 376 g/mol. The van der Waals surface area contributed by atoms with Crippen molar-refractivity contribution in [3.63, 3.8) is 0 Å². The molecule has 0 heterocycles. The number of aliphatic carboxylic acids is 1. The van der Waals surface area contributed by atoms with Crippen molar-refractivity contribution in [1.29, 1.82) is 0 Å². The highest BCUT2D eigenvalue weighted by Gasteiger charge is 2.21. The Balaban J connectivity index is 2.52. The molecule has 0 saturated heterocycles. The van der Waals surface area contributed by atoms with Crippen molar-refractivity contribution < 1.29 is 14.7 Å². The minimum atomic E-state index is -0.947. The van der Waals surface area contributed by atoms with Crippen molar-refractivity contribution >= 4 is 40.2 Å². The van der Waals surface area contributed by atoms with Crippen LogP contribution in [0.5, 0.6) is 0 Å². The van der Waals surface area contributed by atoms with Crippen LogP contribution in [0.3, 0.4) is 0 Å². The summed E-state index contributed by atoms with van der Waals surface area (Å²) in [6.45, 7) is 3.56. The highest BCUT2D eigenvalue weighted by atomic mass is 127. The lowest BCUT2D eigenvalue weighted by atomic mass is 10.1. The van der Waals surface area contributed by atoms with E-state index < -0.39 is 12.0 Å². The van der Waals surface area contributed by atoms with E-state index in [2.05, 4.69) is 33.2 Å². The fourth-order valence-electron chi connectivity index (χ4n) is 1.57. The van der Waals surface area contributed by atoms with E-state index in [4.69, 9.17) is 5.11 Å². The smallest absolute Gasteiger partial charge is 0.320 e. The van der Waals surface area contributed by atoms with Gasteiger partial charge < -0.3 is 10.4 Å². The normalized spacial score (nSPS) is 12.2. The molecular weight excluding hydrogens is 359 g/mol. The summed E-state index contributed by atoms with van der Waals surface area (Å²) < 4.78 is 0.937. The second kappa shape index (κ2) is 7.44. The highest BCUT2D eigenvalue weighted by molar-refractivity contribution is 14.1. The number of nitrogens with one attached hydrogen (secondary N) is 2. The highest BCUT2D eigenvalue weighted by Crippen LogP contribution is 2.16. The molecule has 0 aliphatic rings. The molecule has 0 aliphatic carbocycles. The Kier molecular flexibility index (Phi) is 6.23. The van der Waals surface area contributed by atoms with Gasteiger partial charge in [-0.15, -0.1) is 0 Å². The fraction of sp³-hybridized carbons (Fsp3) is 0.385. The van der Waals surface area contributed by atoms with E-state index in [-0.39, 0.29) is 18.4 Å². The largest absolute Gasteiger partial charge is 0.480 e. The Morgan fingerprint density at radius 2 is 1.95 bits per heavy atom. The molecule has 1 rings (SSSR count). The number of para-hydroxylation sites is 1.